The van der Waals surface area contributed by atoms with Gasteiger partial charge in [0.1, 0.15) is 23.7 Å². The fraction of sp³-hybridized carbons (Fsp3) is 0.312. The third-order valence-corrected chi connectivity index (χ3v) is 3.96. The maximum atomic E-state index is 12.7. The molecule has 8 nitrogen and oxygen atoms in total. The summed E-state index contributed by atoms with van der Waals surface area (Å²) in [6, 6.07) is 7.76. The van der Waals surface area contributed by atoms with Crippen molar-refractivity contribution in [2.75, 3.05) is 7.11 Å². The second kappa shape index (κ2) is 6.25. The molecular formula is C16H17NO7. The van der Waals surface area contributed by atoms with Crippen LogP contribution in [0, 0.1) is 0 Å². The van der Waals surface area contributed by atoms with Crippen molar-refractivity contribution in [1.29, 1.82) is 0 Å². The average Bonchev–Trinajstić information content (AvgIpc) is 2.83. The van der Waals surface area contributed by atoms with Crippen LogP contribution < -0.4 is 10.3 Å². The largest absolute Gasteiger partial charge is 0.507 e. The van der Waals surface area contributed by atoms with Gasteiger partial charge >= 0.3 is 0 Å². The highest BCUT2D eigenvalue weighted by molar-refractivity contribution is 5.69. The molecule has 3 rings (SSSR count). The third-order valence-electron chi connectivity index (χ3n) is 3.96. The Morgan fingerprint density at radius 3 is 2.29 bits per heavy atom. The summed E-state index contributed by atoms with van der Waals surface area (Å²) in [6.45, 7) is 0. The fourth-order valence-electron chi connectivity index (χ4n) is 2.64. The van der Waals surface area contributed by atoms with E-state index < -0.39 is 30.3 Å². The zero-order valence-corrected chi connectivity index (χ0v) is 12.7. The lowest BCUT2D eigenvalue weighted by Gasteiger charge is -2.18. The Kier molecular flexibility index (Phi) is 4.29. The molecule has 1 aliphatic heterocycles. The highest BCUT2D eigenvalue weighted by atomic mass is 16.7. The molecule has 1 saturated heterocycles. The molecule has 0 saturated carbocycles. The number of hydrogen-bond donors (Lipinski definition) is 4. The third kappa shape index (κ3) is 2.65. The SMILES string of the molecule is COc1ccc(-c2c(O)ccn(C3OC(O)C(O)C3O)c2=O)cc1. The van der Waals surface area contributed by atoms with E-state index in [9.17, 15) is 25.2 Å². The Bertz CT molecular complexity index is 786. The first-order valence-electron chi connectivity index (χ1n) is 7.22. The van der Waals surface area contributed by atoms with Gasteiger partial charge in [-0.2, -0.15) is 0 Å². The number of pyridine rings is 1. The molecule has 1 fully saturated rings. The Morgan fingerprint density at radius 2 is 1.75 bits per heavy atom. The van der Waals surface area contributed by atoms with Crippen LogP contribution >= 0.6 is 0 Å². The summed E-state index contributed by atoms with van der Waals surface area (Å²) in [4.78, 5) is 12.7. The zero-order valence-electron chi connectivity index (χ0n) is 12.7. The highest BCUT2D eigenvalue weighted by Crippen LogP contribution is 2.31. The molecule has 0 radical (unpaired) electrons. The quantitative estimate of drug-likeness (QED) is 0.613. The molecule has 1 aromatic heterocycles. The van der Waals surface area contributed by atoms with Crippen LogP contribution in [0.1, 0.15) is 6.23 Å². The van der Waals surface area contributed by atoms with Gasteiger partial charge in [-0.15, -0.1) is 0 Å². The molecule has 0 spiro atoms. The fourth-order valence-corrected chi connectivity index (χ4v) is 2.64. The predicted octanol–water partition coefficient (Wildman–Crippen LogP) is -0.202. The minimum absolute atomic E-state index is 0.00633. The highest BCUT2D eigenvalue weighted by Gasteiger charge is 2.43. The number of aliphatic hydroxyl groups is 3. The van der Waals surface area contributed by atoms with E-state index in [1.165, 1.54) is 19.4 Å². The maximum absolute atomic E-state index is 12.7. The summed E-state index contributed by atoms with van der Waals surface area (Å²) in [7, 11) is 1.51. The van der Waals surface area contributed by atoms with Gasteiger partial charge in [0.25, 0.3) is 5.56 Å². The molecule has 1 aromatic carbocycles. The van der Waals surface area contributed by atoms with Crippen molar-refractivity contribution in [3.63, 3.8) is 0 Å². The number of benzene rings is 1. The summed E-state index contributed by atoms with van der Waals surface area (Å²) in [5, 5.41) is 39.1. The van der Waals surface area contributed by atoms with Gasteiger partial charge in [0.2, 0.25) is 0 Å². The van der Waals surface area contributed by atoms with Gasteiger partial charge in [-0.05, 0) is 23.8 Å². The van der Waals surface area contributed by atoms with E-state index in [0.717, 1.165) is 4.57 Å². The molecule has 4 unspecified atom stereocenters. The van der Waals surface area contributed by atoms with Gasteiger partial charge in [-0.3, -0.25) is 9.36 Å². The Labute approximate surface area is 136 Å². The molecule has 8 heteroatoms. The first-order chi connectivity index (χ1) is 11.4. The number of methoxy groups -OCH3 is 1. The zero-order chi connectivity index (χ0) is 17.4. The molecule has 4 atom stereocenters. The molecule has 24 heavy (non-hydrogen) atoms. The van der Waals surface area contributed by atoms with E-state index in [0.29, 0.717) is 11.3 Å². The normalized spacial score (nSPS) is 26.5. The summed E-state index contributed by atoms with van der Waals surface area (Å²) in [6.07, 6.45) is -4.65. The number of aromatic nitrogens is 1. The smallest absolute Gasteiger partial charge is 0.264 e. The average molecular weight is 335 g/mol. The van der Waals surface area contributed by atoms with Gasteiger partial charge in [-0.1, -0.05) is 12.1 Å². The van der Waals surface area contributed by atoms with E-state index in [-0.39, 0.29) is 11.3 Å². The van der Waals surface area contributed by atoms with Crippen LogP contribution in [0.2, 0.25) is 0 Å². The first kappa shape index (κ1) is 16.5. The van der Waals surface area contributed by atoms with Gasteiger partial charge in [0, 0.05) is 6.20 Å². The van der Waals surface area contributed by atoms with Gasteiger partial charge in [0.15, 0.2) is 12.5 Å². The monoisotopic (exact) mass is 335 g/mol. The lowest BCUT2D eigenvalue weighted by molar-refractivity contribution is -0.142. The van der Waals surface area contributed by atoms with E-state index >= 15 is 0 Å². The van der Waals surface area contributed by atoms with Crippen LogP contribution in [0.4, 0.5) is 0 Å². The summed E-state index contributed by atoms with van der Waals surface area (Å²) < 4.78 is 11.1. The summed E-state index contributed by atoms with van der Waals surface area (Å²) >= 11 is 0. The van der Waals surface area contributed by atoms with Gasteiger partial charge in [0.05, 0.1) is 12.7 Å². The first-order valence-corrected chi connectivity index (χ1v) is 7.22. The van der Waals surface area contributed by atoms with Crippen molar-refractivity contribution in [2.24, 2.45) is 0 Å². The van der Waals surface area contributed by atoms with Crippen molar-refractivity contribution in [3.8, 4) is 22.6 Å². The van der Waals surface area contributed by atoms with Crippen LogP contribution in [0.3, 0.4) is 0 Å². The van der Waals surface area contributed by atoms with Crippen molar-refractivity contribution < 1.29 is 29.9 Å². The van der Waals surface area contributed by atoms with E-state index in [2.05, 4.69) is 0 Å². The van der Waals surface area contributed by atoms with E-state index in [4.69, 9.17) is 9.47 Å². The Hall–Kier alpha value is -2.39. The van der Waals surface area contributed by atoms with Gasteiger partial charge < -0.3 is 29.9 Å². The van der Waals surface area contributed by atoms with Crippen LogP contribution in [0.25, 0.3) is 11.1 Å². The molecule has 1 aliphatic rings. The van der Waals surface area contributed by atoms with Crippen molar-refractivity contribution >= 4 is 0 Å². The number of aliphatic hydroxyl groups excluding tert-OH is 3. The molecule has 128 valence electrons. The molecule has 0 bridgehead atoms. The topological polar surface area (TPSA) is 121 Å². The Morgan fingerprint density at radius 1 is 1.08 bits per heavy atom. The Balaban J connectivity index is 2.07. The lowest BCUT2D eigenvalue weighted by atomic mass is 10.1. The second-order valence-electron chi connectivity index (χ2n) is 5.42. The lowest BCUT2D eigenvalue weighted by Crippen LogP contribution is -2.35. The standard InChI is InChI=1S/C16H17NO7/c1-23-9-4-2-8(3-5-9)11-10(18)6-7-17(14(11)21)15-12(19)13(20)16(22)24-15/h2-7,12-13,15-16,18-20,22H,1H3. The maximum Gasteiger partial charge on any atom is 0.264 e. The second-order valence-corrected chi connectivity index (χ2v) is 5.42. The molecular weight excluding hydrogens is 318 g/mol. The van der Waals surface area contributed by atoms with Crippen LogP contribution in [0.15, 0.2) is 41.3 Å². The summed E-state index contributed by atoms with van der Waals surface area (Å²) in [5.74, 6) is 0.352. The van der Waals surface area contributed by atoms with Crippen molar-refractivity contribution in [2.45, 2.75) is 24.7 Å². The van der Waals surface area contributed by atoms with Gasteiger partial charge in [-0.25, -0.2) is 0 Å². The molecule has 2 heterocycles. The number of aromatic hydroxyl groups is 1. The van der Waals surface area contributed by atoms with E-state index in [1.54, 1.807) is 24.3 Å². The number of rotatable bonds is 3. The van der Waals surface area contributed by atoms with Crippen LogP contribution in [-0.4, -0.2) is 50.6 Å². The number of ether oxygens (including phenoxy) is 2. The van der Waals surface area contributed by atoms with Crippen molar-refractivity contribution in [3.05, 3.63) is 46.9 Å². The molecule has 0 amide bonds. The minimum atomic E-state index is -1.60. The minimum Gasteiger partial charge on any atom is -0.507 e. The van der Waals surface area contributed by atoms with Crippen molar-refractivity contribution in [1.82, 2.24) is 4.57 Å². The molecule has 4 N–H and O–H groups in total. The van der Waals surface area contributed by atoms with E-state index in [1.807, 2.05) is 0 Å². The van der Waals surface area contributed by atoms with Crippen LogP contribution in [0.5, 0.6) is 11.5 Å². The summed E-state index contributed by atoms with van der Waals surface area (Å²) in [5.41, 5.74) is -0.182. The molecule has 0 aliphatic carbocycles. The van der Waals surface area contributed by atoms with Crippen LogP contribution in [-0.2, 0) is 4.74 Å². The number of hydrogen-bond acceptors (Lipinski definition) is 7. The molecule has 2 aromatic rings. The predicted molar refractivity (Wildman–Crippen MR) is 82.5 cm³/mol. The number of nitrogens with zero attached hydrogens (tertiary/aromatic N) is 1.